The van der Waals surface area contributed by atoms with Crippen molar-refractivity contribution in [3.05, 3.63) is 52.7 Å². The third-order valence-corrected chi connectivity index (χ3v) is 3.80. The SMILES string of the molecule is Cc1nc2ccccc2nc1COC(=O)c1c(C)noc1C(C)C. The van der Waals surface area contributed by atoms with Crippen LogP contribution in [-0.2, 0) is 11.3 Å². The highest BCUT2D eigenvalue weighted by molar-refractivity contribution is 5.91. The molecule has 2 heterocycles. The number of aryl methyl sites for hydroxylation is 2. The molecule has 0 bridgehead atoms. The average Bonchev–Trinajstić information content (AvgIpc) is 2.94. The van der Waals surface area contributed by atoms with Gasteiger partial charge in [0.15, 0.2) is 5.76 Å². The van der Waals surface area contributed by atoms with Crippen molar-refractivity contribution in [3.63, 3.8) is 0 Å². The first-order valence-corrected chi connectivity index (χ1v) is 7.83. The summed E-state index contributed by atoms with van der Waals surface area (Å²) in [7, 11) is 0. The van der Waals surface area contributed by atoms with E-state index in [4.69, 9.17) is 9.26 Å². The average molecular weight is 325 g/mol. The molecule has 0 amide bonds. The number of benzene rings is 1. The van der Waals surface area contributed by atoms with E-state index in [2.05, 4.69) is 15.1 Å². The zero-order valence-corrected chi connectivity index (χ0v) is 14.2. The van der Waals surface area contributed by atoms with Crippen LogP contribution in [0.2, 0.25) is 0 Å². The van der Waals surface area contributed by atoms with Crippen LogP contribution < -0.4 is 0 Å². The van der Waals surface area contributed by atoms with Crippen LogP contribution in [0.3, 0.4) is 0 Å². The molecule has 0 fully saturated rings. The van der Waals surface area contributed by atoms with Gasteiger partial charge in [-0.3, -0.25) is 0 Å². The standard InChI is InChI=1S/C18H19N3O3/c1-10(2)17-16(12(4)21-24-17)18(22)23-9-15-11(3)19-13-7-5-6-8-14(13)20-15/h5-8,10H,9H2,1-4H3. The zero-order valence-electron chi connectivity index (χ0n) is 14.2. The topological polar surface area (TPSA) is 78.1 Å². The summed E-state index contributed by atoms with van der Waals surface area (Å²) in [6.07, 6.45) is 0. The highest BCUT2D eigenvalue weighted by atomic mass is 16.5. The molecule has 0 spiro atoms. The Kier molecular flexibility index (Phi) is 4.29. The van der Waals surface area contributed by atoms with E-state index in [1.54, 1.807) is 6.92 Å². The lowest BCUT2D eigenvalue weighted by molar-refractivity contribution is 0.0463. The highest BCUT2D eigenvalue weighted by Gasteiger charge is 2.24. The first-order valence-electron chi connectivity index (χ1n) is 7.83. The van der Waals surface area contributed by atoms with Crippen molar-refractivity contribution in [2.24, 2.45) is 0 Å². The van der Waals surface area contributed by atoms with Crippen LogP contribution in [-0.4, -0.2) is 21.1 Å². The molecule has 3 aromatic rings. The Hall–Kier alpha value is -2.76. The van der Waals surface area contributed by atoms with E-state index in [0.717, 1.165) is 16.7 Å². The molecule has 2 aromatic heterocycles. The van der Waals surface area contributed by atoms with E-state index >= 15 is 0 Å². The van der Waals surface area contributed by atoms with Gasteiger partial charge >= 0.3 is 5.97 Å². The summed E-state index contributed by atoms with van der Waals surface area (Å²) in [6.45, 7) is 7.52. The number of para-hydroxylation sites is 2. The monoisotopic (exact) mass is 325 g/mol. The molecule has 0 saturated heterocycles. The summed E-state index contributed by atoms with van der Waals surface area (Å²) in [5.74, 6) is 0.140. The van der Waals surface area contributed by atoms with Crippen LogP contribution in [0.25, 0.3) is 11.0 Å². The summed E-state index contributed by atoms with van der Waals surface area (Å²) in [5.41, 5.74) is 3.91. The Balaban J connectivity index is 1.82. The van der Waals surface area contributed by atoms with Crippen LogP contribution in [0.15, 0.2) is 28.8 Å². The van der Waals surface area contributed by atoms with Gasteiger partial charge in [-0.1, -0.05) is 31.1 Å². The number of carbonyl (C=O) groups is 1. The Bertz CT molecular complexity index is 900. The fraction of sp³-hybridized carbons (Fsp3) is 0.333. The van der Waals surface area contributed by atoms with Gasteiger partial charge in [0.1, 0.15) is 12.2 Å². The third-order valence-electron chi connectivity index (χ3n) is 3.80. The first-order chi connectivity index (χ1) is 11.5. The Morgan fingerprint density at radius 3 is 2.46 bits per heavy atom. The Morgan fingerprint density at radius 2 is 1.79 bits per heavy atom. The van der Waals surface area contributed by atoms with Crippen molar-refractivity contribution < 1.29 is 14.1 Å². The molecule has 6 nitrogen and oxygen atoms in total. The molecule has 24 heavy (non-hydrogen) atoms. The first kappa shape index (κ1) is 16.1. The van der Waals surface area contributed by atoms with Crippen LogP contribution >= 0.6 is 0 Å². The summed E-state index contributed by atoms with van der Waals surface area (Å²) < 4.78 is 10.7. The predicted molar refractivity (Wildman–Crippen MR) is 88.7 cm³/mol. The lowest BCUT2D eigenvalue weighted by Crippen LogP contribution is -2.11. The van der Waals surface area contributed by atoms with Crippen LogP contribution in [0.4, 0.5) is 0 Å². The molecule has 0 unspecified atom stereocenters. The van der Waals surface area contributed by atoms with Gasteiger partial charge in [0, 0.05) is 5.92 Å². The molecule has 124 valence electrons. The van der Waals surface area contributed by atoms with E-state index < -0.39 is 5.97 Å². The maximum Gasteiger partial charge on any atom is 0.344 e. The fourth-order valence-corrected chi connectivity index (χ4v) is 2.50. The normalized spacial score (nSPS) is 11.2. The minimum atomic E-state index is -0.452. The second kappa shape index (κ2) is 6.39. The second-order valence-electron chi connectivity index (χ2n) is 5.98. The number of aromatic nitrogens is 3. The van der Waals surface area contributed by atoms with E-state index in [-0.39, 0.29) is 12.5 Å². The third kappa shape index (κ3) is 2.99. The quantitative estimate of drug-likeness (QED) is 0.680. The van der Waals surface area contributed by atoms with Gasteiger partial charge in [-0.25, -0.2) is 14.8 Å². The van der Waals surface area contributed by atoms with Crippen molar-refractivity contribution in [2.75, 3.05) is 0 Å². The lowest BCUT2D eigenvalue weighted by atomic mass is 10.1. The highest BCUT2D eigenvalue weighted by Crippen LogP contribution is 2.23. The van der Waals surface area contributed by atoms with Crippen molar-refractivity contribution in [1.29, 1.82) is 0 Å². The number of rotatable bonds is 4. The van der Waals surface area contributed by atoms with E-state index in [0.29, 0.717) is 22.7 Å². The smallest absolute Gasteiger partial charge is 0.344 e. The van der Waals surface area contributed by atoms with E-state index in [9.17, 15) is 4.79 Å². The number of esters is 1. The van der Waals surface area contributed by atoms with Gasteiger partial charge in [-0.2, -0.15) is 0 Å². The Labute approximate surface area is 139 Å². The maximum absolute atomic E-state index is 12.4. The molecule has 0 atom stereocenters. The van der Waals surface area contributed by atoms with Crippen LogP contribution in [0, 0.1) is 13.8 Å². The molecule has 6 heteroatoms. The van der Waals surface area contributed by atoms with Crippen molar-refractivity contribution in [2.45, 2.75) is 40.2 Å². The van der Waals surface area contributed by atoms with Gasteiger partial charge in [-0.15, -0.1) is 0 Å². The predicted octanol–water partition coefficient (Wildman–Crippen LogP) is 3.72. The number of hydrogen-bond donors (Lipinski definition) is 0. The van der Waals surface area contributed by atoms with Gasteiger partial charge in [-0.05, 0) is 26.0 Å². The number of fused-ring (bicyclic) bond motifs is 1. The molecule has 0 aliphatic heterocycles. The van der Waals surface area contributed by atoms with E-state index in [1.807, 2.05) is 45.0 Å². The van der Waals surface area contributed by atoms with Crippen LogP contribution in [0.1, 0.15) is 53.0 Å². The molecule has 0 aliphatic rings. The van der Waals surface area contributed by atoms with Gasteiger partial charge < -0.3 is 9.26 Å². The van der Waals surface area contributed by atoms with Crippen molar-refractivity contribution in [3.8, 4) is 0 Å². The Morgan fingerprint density at radius 1 is 1.12 bits per heavy atom. The summed E-state index contributed by atoms with van der Waals surface area (Å²) in [5, 5.41) is 3.87. The molecular formula is C18H19N3O3. The van der Waals surface area contributed by atoms with Crippen molar-refractivity contribution >= 4 is 17.0 Å². The summed E-state index contributed by atoms with van der Waals surface area (Å²) in [4.78, 5) is 21.5. The van der Waals surface area contributed by atoms with Crippen molar-refractivity contribution in [1.82, 2.24) is 15.1 Å². The second-order valence-corrected chi connectivity index (χ2v) is 5.98. The number of hydrogen-bond acceptors (Lipinski definition) is 6. The largest absolute Gasteiger partial charge is 0.455 e. The number of ether oxygens (including phenoxy) is 1. The summed E-state index contributed by atoms with van der Waals surface area (Å²) in [6, 6.07) is 7.60. The molecule has 0 saturated carbocycles. The molecule has 3 rings (SSSR count). The van der Waals surface area contributed by atoms with Gasteiger partial charge in [0.2, 0.25) is 0 Å². The minimum absolute atomic E-state index is 0.0518. The fourth-order valence-electron chi connectivity index (χ4n) is 2.50. The summed E-state index contributed by atoms with van der Waals surface area (Å²) >= 11 is 0. The molecule has 0 aliphatic carbocycles. The maximum atomic E-state index is 12.4. The molecule has 0 radical (unpaired) electrons. The van der Waals surface area contributed by atoms with Gasteiger partial charge in [0.25, 0.3) is 0 Å². The van der Waals surface area contributed by atoms with E-state index in [1.165, 1.54) is 0 Å². The van der Waals surface area contributed by atoms with Crippen LogP contribution in [0.5, 0.6) is 0 Å². The zero-order chi connectivity index (χ0) is 17.3. The molecule has 1 aromatic carbocycles. The number of carbonyl (C=O) groups excluding carboxylic acids is 1. The van der Waals surface area contributed by atoms with Gasteiger partial charge in [0.05, 0.1) is 28.1 Å². The number of nitrogens with zero attached hydrogens (tertiary/aromatic N) is 3. The lowest BCUT2D eigenvalue weighted by Gasteiger charge is -2.09. The minimum Gasteiger partial charge on any atom is -0.455 e. The molecule has 0 N–H and O–H groups in total. The molecular weight excluding hydrogens is 306 g/mol.